The van der Waals surface area contributed by atoms with Crippen molar-refractivity contribution in [3.63, 3.8) is 0 Å². The molecule has 0 atom stereocenters. The number of benzene rings is 1. The van der Waals surface area contributed by atoms with E-state index in [0.717, 1.165) is 9.35 Å². The van der Waals surface area contributed by atoms with E-state index < -0.39 is 5.97 Å². The molecule has 4 nitrogen and oxygen atoms in total. The molecule has 19 heavy (non-hydrogen) atoms. The third kappa shape index (κ3) is 3.21. The van der Waals surface area contributed by atoms with Gasteiger partial charge in [-0.3, -0.25) is 4.79 Å². The molecule has 0 unspecified atom stereocenters. The van der Waals surface area contributed by atoms with Gasteiger partial charge in [0, 0.05) is 0 Å². The van der Waals surface area contributed by atoms with Crippen LogP contribution >= 0.6 is 27.3 Å². The summed E-state index contributed by atoms with van der Waals surface area (Å²) in [6, 6.07) is 8.33. The van der Waals surface area contributed by atoms with Crippen molar-refractivity contribution in [3.8, 4) is 0 Å². The van der Waals surface area contributed by atoms with E-state index in [1.165, 1.54) is 17.4 Å². The smallest absolute Gasteiger partial charge is 0.337 e. The van der Waals surface area contributed by atoms with Crippen LogP contribution in [0.25, 0.3) is 0 Å². The Morgan fingerprint density at radius 1 is 1.26 bits per heavy atom. The van der Waals surface area contributed by atoms with Gasteiger partial charge in [0.25, 0.3) is 5.91 Å². The predicted molar refractivity (Wildman–Crippen MR) is 78.1 cm³/mol. The van der Waals surface area contributed by atoms with Crippen molar-refractivity contribution in [3.05, 3.63) is 50.1 Å². The minimum absolute atomic E-state index is 0.0870. The van der Waals surface area contributed by atoms with Crippen LogP contribution in [0.1, 0.15) is 25.6 Å². The molecule has 1 heterocycles. The molecule has 1 aromatic heterocycles. The van der Waals surface area contributed by atoms with E-state index in [9.17, 15) is 9.59 Å². The molecule has 0 radical (unpaired) electrons. The number of carbonyl (C=O) groups excluding carboxylic acids is 1. The molecule has 0 aliphatic carbocycles. The van der Waals surface area contributed by atoms with E-state index in [0.29, 0.717) is 10.6 Å². The molecule has 98 valence electrons. The second-order valence-electron chi connectivity index (χ2n) is 3.91. The summed E-state index contributed by atoms with van der Waals surface area (Å²) in [6.45, 7) is 1.80. The number of amides is 1. The molecular formula is C13H10BrNO3S. The first-order chi connectivity index (χ1) is 8.97. The summed E-state index contributed by atoms with van der Waals surface area (Å²) in [5.74, 6) is -1.38. The highest BCUT2D eigenvalue weighted by atomic mass is 79.9. The van der Waals surface area contributed by atoms with Crippen LogP contribution in [0.2, 0.25) is 0 Å². The van der Waals surface area contributed by atoms with E-state index in [4.69, 9.17) is 5.11 Å². The average molecular weight is 340 g/mol. The lowest BCUT2D eigenvalue weighted by Crippen LogP contribution is -2.13. The number of hydrogen-bond donors (Lipinski definition) is 2. The molecule has 1 aromatic carbocycles. The molecule has 2 aromatic rings. The molecular weight excluding hydrogens is 330 g/mol. The van der Waals surface area contributed by atoms with Crippen molar-refractivity contribution in [1.29, 1.82) is 0 Å². The molecule has 0 saturated heterocycles. The highest BCUT2D eigenvalue weighted by Gasteiger charge is 2.14. The monoisotopic (exact) mass is 339 g/mol. The third-order valence-corrected chi connectivity index (χ3v) is 4.07. The van der Waals surface area contributed by atoms with E-state index in [2.05, 4.69) is 21.2 Å². The third-order valence-electron chi connectivity index (χ3n) is 2.45. The average Bonchev–Trinajstić information content (AvgIpc) is 2.78. The Labute approximate surface area is 122 Å². The van der Waals surface area contributed by atoms with Gasteiger partial charge in [0.15, 0.2) is 0 Å². The van der Waals surface area contributed by atoms with Gasteiger partial charge in [-0.25, -0.2) is 4.79 Å². The summed E-state index contributed by atoms with van der Waals surface area (Å²) >= 11 is 4.57. The highest BCUT2D eigenvalue weighted by Crippen LogP contribution is 2.24. The van der Waals surface area contributed by atoms with Gasteiger partial charge in [-0.1, -0.05) is 11.6 Å². The largest absolute Gasteiger partial charge is 0.478 e. The van der Waals surface area contributed by atoms with Crippen LogP contribution in [0.15, 0.2) is 34.1 Å². The minimum atomic E-state index is -1.06. The first kappa shape index (κ1) is 13.8. The Balaban J connectivity index is 2.28. The van der Waals surface area contributed by atoms with Crippen LogP contribution in [0.3, 0.4) is 0 Å². The first-order valence-electron chi connectivity index (χ1n) is 5.38. The van der Waals surface area contributed by atoms with Gasteiger partial charge in [-0.2, -0.15) is 0 Å². The number of thiophene rings is 1. The van der Waals surface area contributed by atoms with Crippen LogP contribution in [0.5, 0.6) is 0 Å². The fourth-order valence-corrected chi connectivity index (χ4v) is 2.85. The molecule has 2 rings (SSSR count). The van der Waals surface area contributed by atoms with Crippen LogP contribution in [0, 0.1) is 6.92 Å². The quantitative estimate of drug-likeness (QED) is 0.894. The van der Waals surface area contributed by atoms with Crippen molar-refractivity contribution in [2.24, 2.45) is 0 Å². The summed E-state index contributed by atoms with van der Waals surface area (Å²) in [6.07, 6.45) is 0. The van der Waals surface area contributed by atoms with Gasteiger partial charge in [0.2, 0.25) is 0 Å². The maximum atomic E-state index is 12.0. The Hall–Kier alpha value is -1.66. The van der Waals surface area contributed by atoms with Crippen LogP contribution < -0.4 is 5.32 Å². The lowest BCUT2D eigenvalue weighted by atomic mass is 10.1. The topological polar surface area (TPSA) is 66.4 Å². The second kappa shape index (κ2) is 5.54. The number of carboxylic acids is 1. The summed E-state index contributed by atoms with van der Waals surface area (Å²) in [5.41, 5.74) is 1.21. The first-order valence-corrected chi connectivity index (χ1v) is 6.99. The number of rotatable bonds is 3. The lowest BCUT2D eigenvalue weighted by Gasteiger charge is -2.08. The number of hydrogen-bond acceptors (Lipinski definition) is 3. The molecule has 0 bridgehead atoms. The summed E-state index contributed by atoms with van der Waals surface area (Å²) < 4.78 is 0.847. The lowest BCUT2D eigenvalue weighted by molar-refractivity contribution is 0.0698. The Morgan fingerprint density at radius 2 is 2.00 bits per heavy atom. The summed E-state index contributed by atoms with van der Waals surface area (Å²) in [5, 5.41) is 11.7. The predicted octanol–water partition coefficient (Wildman–Crippen LogP) is 3.77. The van der Waals surface area contributed by atoms with Crippen molar-refractivity contribution < 1.29 is 14.7 Å². The molecule has 0 aliphatic rings. The second-order valence-corrected chi connectivity index (χ2v) is 6.38. The van der Waals surface area contributed by atoms with Gasteiger partial charge >= 0.3 is 5.97 Å². The number of carbonyl (C=O) groups is 2. The van der Waals surface area contributed by atoms with Crippen molar-refractivity contribution in [2.75, 3.05) is 5.32 Å². The molecule has 2 N–H and O–H groups in total. The number of carboxylic acid groups (broad SMARTS) is 1. The molecule has 0 saturated carbocycles. The molecule has 0 fully saturated rings. The van der Waals surface area contributed by atoms with Crippen molar-refractivity contribution in [1.82, 2.24) is 0 Å². The van der Waals surface area contributed by atoms with E-state index in [1.54, 1.807) is 31.2 Å². The van der Waals surface area contributed by atoms with Gasteiger partial charge in [0.05, 0.1) is 19.9 Å². The number of anilines is 1. The molecule has 6 heteroatoms. The normalized spacial score (nSPS) is 10.2. The maximum absolute atomic E-state index is 12.0. The zero-order valence-corrected chi connectivity index (χ0v) is 12.3. The zero-order valence-electron chi connectivity index (χ0n) is 9.94. The van der Waals surface area contributed by atoms with E-state index >= 15 is 0 Å². The maximum Gasteiger partial charge on any atom is 0.337 e. The Bertz CT molecular complexity index is 651. The number of nitrogens with one attached hydrogen (secondary N) is 1. The van der Waals surface area contributed by atoms with Crippen LogP contribution in [-0.4, -0.2) is 17.0 Å². The fraction of sp³-hybridized carbons (Fsp3) is 0.0769. The molecule has 0 aliphatic heterocycles. The van der Waals surface area contributed by atoms with Gasteiger partial charge < -0.3 is 10.4 Å². The number of halogens is 1. The summed E-state index contributed by atoms with van der Waals surface area (Å²) in [7, 11) is 0. The SMILES string of the molecule is Cc1ccc(NC(=O)c2ccc(Br)s2)c(C(=O)O)c1. The Morgan fingerprint density at radius 3 is 2.58 bits per heavy atom. The highest BCUT2D eigenvalue weighted by molar-refractivity contribution is 9.11. The number of aromatic carboxylic acids is 1. The molecule has 1 amide bonds. The Kier molecular flexibility index (Phi) is 4.01. The molecule has 0 spiro atoms. The van der Waals surface area contributed by atoms with Crippen molar-refractivity contribution >= 4 is 44.8 Å². The summed E-state index contributed by atoms with van der Waals surface area (Å²) in [4.78, 5) is 23.6. The fourth-order valence-electron chi connectivity index (χ4n) is 1.56. The minimum Gasteiger partial charge on any atom is -0.478 e. The van der Waals surface area contributed by atoms with Crippen LogP contribution in [-0.2, 0) is 0 Å². The van der Waals surface area contributed by atoms with Crippen molar-refractivity contribution in [2.45, 2.75) is 6.92 Å². The standard InChI is InChI=1S/C13H10BrNO3S/c1-7-2-3-9(8(6-7)13(17)18)15-12(16)10-4-5-11(14)19-10/h2-6H,1H3,(H,15,16)(H,17,18). The van der Waals surface area contributed by atoms with E-state index in [1.807, 2.05) is 0 Å². The van der Waals surface area contributed by atoms with E-state index in [-0.39, 0.29) is 11.5 Å². The number of aryl methyl sites for hydroxylation is 1. The van der Waals surface area contributed by atoms with Gasteiger partial charge in [-0.15, -0.1) is 11.3 Å². The zero-order chi connectivity index (χ0) is 14.0. The van der Waals surface area contributed by atoms with Crippen LogP contribution in [0.4, 0.5) is 5.69 Å². The van der Waals surface area contributed by atoms with Gasteiger partial charge in [0.1, 0.15) is 0 Å². The van der Waals surface area contributed by atoms with Gasteiger partial charge in [-0.05, 0) is 47.1 Å².